The fourth-order valence-corrected chi connectivity index (χ4v) is 11.2. The zero-order valence-electron chi connectivity index (χ0n) is 58.3. The molecular formula is C80H100Co2N6O2-2. The summed E-state index contributed by atoms with van der Waals surface area (Å²) in [7, 11) is 0. The van der Waals surface area contributed by atoms with Crippen molar-refractivity contribution >= 4 is 56.4 Å². The molecule has 0 atom stereocenters. The normalized spacial score (nSPS) is 12.3. The number of pyridine rings is 2. The van der Waals surface area contributed by atoms with Crippen molar-refractivity contribution in [2.45, 2.75) is 214 Å². The van der Waals surface area contributed by atoms with E-state index in [1.54, 1.807) is 0 Å². The molecule has 2 heterocycles. The molecule has 0 aliphatic rings. The smallest absolute Gasteiger partial charge is 0.0849 e. The van der Waals surface area contributed by atoms with E-state index in [0.29, 0.717) is 47.3 Å². The van der Waals surface area contributed by atoms with Crippen LogP contribution in [0.4, 0.5) is 22.7 Å². The number of rotatable bonds is 16. The summed E-state index contributed by atoms with van der Waals surface area (Å²) < 4.78 is 0. The third-order valence-electron chi connectivity index (χ3n) is 16.1. The van der Waals surface area contributed by atoms with E-state index in [1.165, 1.54) is 78.9 Å². The predicted molar refractivity (Wildman–Crippen MR) is 376 cm³/mol. The van der Waals surface area contributed by atoms with E-state index in [9.17, 15) is 10.2 Å². The minimum Gasteiger partial charge on any atom is -0.873 e. The van der Waals surface area contributed by atoms with Gasteiger partial charge >= 0.3 is 0 Å². The van der Waals surface area contributed by atoms with Crippen LogP contribution in [0.25, 0.3) is 10.8 Å². The van der Waals surface area contributed by atoms with E-state index in [-0.39, 0.29) is 33.6 Å². The van der Waals surface area contributed by atoms with Gasteiger partial charge in [0, 0.05) is 33.6 Å². The summed E-state index contributed by atoms with van der Waals surface area (Å²) in [5, 5.41) is 23.5. The molecule has 0 aliphatic carbocycles. The topological polar surface area (TPSA) is 121 Å². The van der Waals surface area contributed by atoms with Gasteiger partial charge in [-0.3, -0.25) is 20.0 Å². The second-order valence-electron chi connectivity index (χ2n) is 26.7. The maximum atomic E-state index is 10.9. The number of aryl methyl sites for hydroxylation is 4. The Kier molecular flexibility index (Phi) is 28.1. The van der Waals surface area contributed by atoms with Gasteiger partial charge in [-0.25, -0.2) is 9.97 Å². The van der Waals surface area contributed by atoms with E-state index in [0.717, 1.165) is 79.1 Å². The molecule has 0 amide bonds. The summed E-state index contributed by atoms with van der Waals surface area (Å²) >= 11 is 0. The first-order valence-corrected chi connectivity index (χ1v) is 32.0. The van der Waals surface area contributed by atoms with Crippen LogP contribution in [0.5, 0.6) is 11.5 Å². The van der Waals surface area contributed by atoms with Gasteiger partial charge in [0.15, 0.2) is 0 Å². The predicted octanol–water partition coefficient (Wildman–Crippen LogP) is 21.9. The molecular weight excluding hydrogens is 1190 g/mol. The van der Waals surface area contributed by atoms with Crippen molar-refractivity contribution in [2.75, 3.05) is 0 Å². The van der Waals surface area contributed by atoms with Crippen molar-refractivity contribution in [2.24, 2.45) is 20.0 Å². The Hall–Kier alpha value is -6.83. The van der Waals surface area contributed by atoms with Gasteiger partial charge in [-0.05, 0) is 182 Å². The molecule has 8 nitrogen and oxygen atoms in total. The maximum absolute atomic E-state index is 10.9. The molecule has 0 bridgehead atoms. The molecule has 6 aromatic carbocycles. The molecule has 10 heteroatoms. The minimum absolute atomic E-state index is 0. The molecule has 0 saturated heterocycles. The van der Waals surface area contributed by atoms with Crippen molar-refractivity contribution in [1.82, 2.24) is 9.97 Å². The van der Waals surface area contributed by atoms with E-state index in [4.69, 9.17) is 29.9 Å². The van der Waals surface area contributed by atoms with Crippen LogP contribution in [0.1, 0.15) is 275 Å². The SMILES string of the molecule is CC(=Nc1c(C(C)C)cc(C)cc1C(C)C)c1cccc(C(C)=Nc2c(C(C)C)cc(C)cc2C(C)C)n1.CC(=Nc1c(C(C)C)cc(C)cc1C(C)C)c1cccc(C(C)=Nc2c(C(C)C)cc(C)cc2C(C)C)n1.[Co].[Co].[O-]c1cc2ccccc2cc1[O-]. The van der Waals surface area contributed by atoms with Gasteiger partial charge in [-0.1, -0.05) is 230 Å². The van der Waals surface area contributed by atoms with Gasteiger partial charge in [0.05, 0.1) is 68.4 Å². The van der Waals surface area contributed by atoms with Crippen LogP contribution < -0.4 is 10.2 Å². The Balaban J connectivity index is 0.000000317. The monoisotopic (exact) mass is 1290 g/mol. The summed E-state index contributed by atoms with van der Waals surface area (Å²) in [6.45, 7) is 52.9. The average molecular weight is 1300 g/mol. The number of hydrogen-bond donors (Lipinski definition) is 0. The van der Waals surface area contributed by atoms with Crippen LogP contribution in [-0.2, 0) is 33.6 Å². The van der Waals surface area contributed by atoms with Gasteiger partial charge in [0.1, 0.15) is 0 Å². The second-order valence-corrected chi connectivity index (χ2v) is 26.7. The minimum atomic E-state index is -0.436. The summed E-state index contributed by atoms with van der Waals surface area (Å²) in [6, 6.07) is 40.7. The summed E-state index contributed by atoms with van der Waals surface area (Å²) in [4.78, 5) is 30.9. The van der Waals surface area contributed by atoms with Crippen LogP contribution in [0.2, 0.25) is 0 Å². The molecule has 0 saturated carbocycles. The van der Waals surface area contributed by atoms with E-state index >= 15 is 0 Å². The van der Waals surface area contributed by atoms with E-state index < -0.39 is 11.5 Å². The number of fused-ring (bicyclic) bond motifs is 1. The fraction of sp³-hybridized carbons (Fsp3) is 0.400. The third-order valence-corrected chi connectivity index (χ3v) is 16.1. The number of nitrogens with zero attached hydrogens (tertiary/aromatic N) is 6. The first kappa shape index (κ1) is 75.6. The van der Waals surface area contributed by atoms with E-state index in [2.05, 4.69) is 251 Å². The Morgan fingerprint density at radius 2 is 0.467 bits per heavy atom. The molecule has 482 valence electrons. The molecule has 0 unspecified atom stereocenters. The first-order chi connectivity index (χ1) is 41.4. The van der Waals surface area contributed by atoms with Crippen molar-refractivity contribution in [1.29, 1.82) is 0 Å². The van der Waals surface area contributed by atoms with Crippen LogP contribution in [0, 0.1) is 27.7 Å². The van der Waals surface area contributed by atoms with Crippen LogP contribution in [0.15, 0.2) is 141 Å². The van der Waals surface area contributed by atoms with Gasteiger partial charge in [0.2, 0.25) is 0 Å². The molecule has 8 aromatic rings. The Morgan fingerprint density at radius 1 is 0.289 bits per heavy atom. The van der Waals surface area contributed by atoms with Crippen molar-refractivity contribution in [3.8, 4) is 11.5 Å². The van der Waals surface area contributed by atoms with Crippen molar-refractivity contribution < 1.29 is 43.8 Å². The Morgan fingerprint density at radius 3 is 0.633 bits per heavy atom. The van der Waals surface area contributed by atoms with Gasteiger partial charge in [0.25, 0.3) is 0 Å². The Bertz CT molecular complexity index is 3330. The summed E-state index contributed by atoms with van der Waals surface area (Å²) in [5.74, 6) is 2.29. The second kappa shape index (κ2) is 33.5. The number of aliphatic imine (C=N–C) groups is 4. The number of hydrogen-bond acceptors (Lipinski definition) is 8. The summed E-state index contributed by atoms with van der Waals surface area (Å²) in [6.07, 6.45) is 0. The van der Waals surface area contributed by atoms with Crippen molar-refractivity contribution in [3.63, 3.8) is 0 Å². The maximum Gasteiger partial charge on any atom is 0.0849 e. The van der Waals surface area contributed by atoms with E-state index in [1.807, 2.05) is 24.3 Å². The third kappa shape index (κ3) is 19.4. The van der Waals surface area contributed by atoms with Crippen molar-refractivity contribution in [3.05, 3.63) is 211 Å². The fourth-order valence-electron chi connectivity index (χ4n) is 11.2. The first-order valence-electron chi connectivity index (χ1n) is 32.0. The zero-order chi connectivity index (χ0) is 65.2. The molecule has 0 spiro atoms. The van der Waals surface area contributed by atoms with Gasteiger partial charge in [-0.2, -0.15) is 0 Å². The van der Waals surface area contributed by atoms with Crippen LogP contribution >= 0.6 is 0 Å². The molecule has 2 aromatic heterocycles. The molecule has 8 rings (SSSR count). The number of aromatic nitrogens is 2. The van der Waals surface area contributed by atoms with Gasteiger partial charge < -0.3 is 10.2 Å². The average Bonchev–Trinajstić information content (AvgIpc) is 0.987. The Labute approximate surface area is 562 Å². The molecule has 0 fully saturated rings. The molecule has 0 N–H and O–H groups in total. The van der Waals surface area contributed by atoms with Gasteiger partial charge in [-0.15, -0.1) is 11.5 Å². The van der Waals surface area contributed by atoms with Crippen LogP contribution in [-0.4, -0.2) is 32.8 Å². The standard InChI is InChI=1S/2C35H47N3.C10H8O2.2Co/c2*1-20(2)28-16-24(9)17-29(21(3)4)34(28)36-26(11)32-14-13-15-33(38-32)27(12)37-35-30(22(5)6)18-25(10)19-31(35)23(7)8;11-9-5-7-3-1-2-4-8(7)6-10(9)12;;/h2*13-23H,1-12H3;1-6,11-12H;;/p-2. The zero-order valence-corrected chi connectivity index (χ0v) is 60.4. The molecule has 0 aliphatic heterocycles. The molecule has 90 heavy (non-hydrogen) atoms. The van der Waals surface area contributed by atoms with Crippen LogP contribution in [0.3, 0.4) is 0 Å². The number of benzene rings is 6. The molecule has 2 radical (unpaired) electrons. The quantitative estimate of drug-likeness (QED) is 0.0894. The summed E-state index contributed by atoms with van der Waals surface area (Å²) in [5.41, 5.74) is 27.2. The largest absolute Gasteiger partial charge is 0.873 e.